The molecule has 0 saturated carbocycles. The van der Waals surface area contributed by atoms with E-state index in [-0.39, 0.29) is 25.2 Å². The Hall–Kier alpha value is -2.28. The van der Waals surface area contributed by atoms with Crippen LogP contribution in [-0.4, -0.2) is 54.8 Å². The number of carbonyl (C=O) groups is 1. The van der Waals surface area contributed by atoms with Crippen molar-refractivity contribution in [3.8, 4) is 11.5 Å². The number of rotatable bonds is 4. The molecule has 1 atom stereocenters. The third-order valence-corrected chi connectivity index (χ3v) is 5.05. The van der Waals surface area contributed by atoms with Gasteiger partial charge in [0.2, 0.25) is 0 Å². The van der Waals surface area contributed by atoms with Gasteiger partial charge in [-0.1, -0.05) is 23.2 Å². The number of amides is 1. The first-order chi connectivity index (χ1) is 13.6. The number of fused-ring (bicyclic) bond motifs is 1. The molecule has 6 nitrogen and oxygen atoms in total. The summed E-state index contributed by atoms with van der Waals surface area (Å²) < 4.78 is 17.1. The Morgan fingerprint density at radius 2 is 2.21 bits per heavy atom. The lowest BCUT2D eigenvalue weighted by Gasteiger charge is -2.34. The van der Waals surface area contributed by atoms with Gasteiger partial charge in [0.05, 0.1) is 18.7 Å². The highest BCUT2D eigenvalue weighted by Crippen LogP contribution is 2.30. The largest absolute Gasteiger partial charge is 0.488 e. The van der Waals surface area contributed by atoms with Crippen LogP contribution in [-0.2, 0) is 9.53 Å². The average Bonchev–Trinajstić information content (AvgIpc) is 2.72. The molecule has 28 heavy (non-hydrogen) atoms. The van der Waals surface area contributed by atoms with Gasteiger partial charge in [-0.15, -0.1) is 0 Å². The summed E-state index contributed by atoms with van der Waals surface area (Å²) in [5.41, 5.74) is 1.40. The summed E-state index contributed by atoms with van der Waals surface area (Å²) in [6.45, 7) is 1.90. The van der Waals surface area contributed by atoms with Gasteiger partial charge in [-0.2, -0.15) is 0 Å². The van der Waals surface area contributed by atoms with E-state index in [1.54, 1.807) is 41.4 Å². The van der Waals surface area contributed by atoms with Crippen molar-refractivity contribution in [3.05, 3.63) is 57.8 Å². The van der Waals surface area contributed by atoms with Crippen LogP contribution in [0.15, 0.2) is 42.1 Å². The zero-order chi connectivity index (χ0) is 19.5. The number of pyridine rings is 1. The first kappa shape index (κ1) is 19.1. The molecule has 0 spiro atoms. The van der Waals surface area contributed by atoms with Crippen LogP contribution in [0.5, 0.6) is 11.5 Å². The molecule has 146 valence electrons. The maximum atomic E-state index is 12.9. The Labute approximate surface area is 172 Å². The van der Waals surface area contributed by atoms with Crippen molar-refractivity contribution < 1.29 is 19.0 Å². The fourth-order valence-electron chi connectivity index (χ4n) is 3.14. The van der Waals surface area contributed by atoms with Gasteiger partial charge in [-0.05, 0) is 36.4 Å². The highest BCUT2D eigenvalue weighted by molar-refractivity contribution is 6.31. The first-order valence-electron chi connectivity index (χ1n) is 8.87. The van der Waals surface area contributed by atoms with Crippen LogP contribution in [0.2, 0.25) is 10.2 Å². The van der Waals surface area contributed by atoms with Crippen LogP contribution in [0.25, 0.3) is 6.08 Å². The van der Waals surface area contributed by atoms with Gasteiger partial charge in [0.25, 0.3) is 5.91 Å². The van der Waals surface area contributed by atoms with Gasteiger partial charge in [-0.25, -0.2) is 4.98 Å². The monoisotopic (exact) mass is 420 g/mol. The average molecular weight is 421 g/mol. The van der Waals surface area contributed by atoms with Crippen molar-refractivity contribution >= 4 is 35.2 Å². The number of hydrogen-bond acceptors (Lipinski definition) is 5. The summed E-state index contributed by atoms with van der Waals surface area (Å²) in [6, 6.07) is 8.85. The van der Waals surface area contributed by atoms with Gasteiger partial charge in [0.15, 0.2) is 10.9 Å². The fourth-order valence-corrected chi connectivity index (χ4v) is 3.50. The second kappa shape index (κ2) is 8.39. The number of halogens is 2. The standard InChI is InChI=1S/C20H18Cl2N2O4/c21-15-3-4-17-13(9-15)8-14(11-27-17)20(25)24-6-7-26-16(10-24)12-28-18-2-1-5-23-19(18)22/h1-5,8-9,16H,6-7,10-12H2. The quantitative estimate of drug-likeness (QED) is 0.708. The minimum absolute atomic E-state index is 0.0710. The molecular weight excluding hydrogens is 403 g/mol. The van der Waals surface area contributed by atoms with Crippen LogP contribution < -0.4 is 9.47 Å². The van der Waals surface area contributed by atoms with E-state index in [1.165, 1.54) is 0 Å². The van der Waals surface area contributed by atoms with Crippen molar-refractivity contribution in [1.82, 2.24) is 9.88 Å². The number of ether oxygens (including phenoxy) is 3. The molecule has 0 N–H and O–H groups in total. The van der Waals surface area contributed by atoms with E-state index in [9.17, 15) is 4.79 Å². The molecule has 3 heterocycles. The summed E-state index contributed by atoms with van der Waals surface area (Å²) in [7, 11) is 0. The van der Waals surface area contributed by atoms with Crippen LogP contribution in [0, 0.1) is 0 Å². The SMILES string of the molecule is O=C(C1=Cc2cc(Cl)ccc2OC1)N1CCOC(COc2cccnc2Cl)C1. The molecule has 0 aliphatic carbocycles. The van der Waals surface area contributed by atoms with Crippen LogP contribution in [0.1, 0.15) is 5.56 Å². The third-order valence-electron chi connectivity index (χ3n) is 4.54. The minimum Gasteiger partial charge on any atom is -0.488 e. The van der Waals surface area contributed by atoms with Gasteiger partial charge >= 0.3 is 0 Å². The summed E-state index contributed by atoms with van der Waals surface area (Å²) in [5.74, 6) is 1.15. The van der Waals surface area contributed by atoms with Crippen molar-refractivity contribution in [2.45, 2.75) is 6.10 Å². The molecule has 0 bridgehead atoms. The normalized spacial score (nSPS) is 18.7. The van der Waals surface area contributed by atoms with Crippen molar-refractivity contribution in [2.75, 3.05) is 32.9 Å². The van der Waals surface area contributed by atoms with Crippen LogP contribution in [0.4, 0.5) is 0 Å². The van der Waals surface area contributed by atoms with E-state index in [0.717, 1.165) is 11.3 Å². The topological polar surface area (TPSA) is 60.9 Å². The van der Waals surface area contributed by atoms with Crippen LogP contribution in [0.3, 0.4) is 0 Å². The lowest BCUT2D eigenvalue weighted by molar-refractivity contribution is -0.136. The number of hydrogen-bond donors (Lipinski definition) is 0. The number of aromatic nitrogens is 1. The Morgan fingerprint density at radius 3 is 3.07 bits per heavy atom. The maximum absolute atomic E-state index is 12.9. The highest BCUT2D eigenvalue weighted by Gasteiger charge is 2.28. The minimum atomic E-state index is -0.249. The van der Waals surface area contributed by atoms with E-state index < -0.39 is 0 Å². The zero-order valence-electron chi connectivity index (χ0n) is 14.9. The maximum Gasteiger partial charge on any atom is 0.253 e. The van der Waals surface area contributed by atoms with E-state index in [1.807, 2.05) is 6.08 Å². The van der Waals surface area contributed by atoms with E-state index in [2.05, 4.69) is 4.98 Å². The molecule has 2 aromatic rings. The lowest BCUT2D eigenvalue weighted by atomic mass is 10.1. The summed E-state index contributed by atoms with van der Waals surface area (Å²) in [4.78, 5) is 18.7. The molecule has 1 aromatic heterocycles. The smallest absolute Gasteiger partial charge is 0.253 e. The Balaban J connectivity index is 1.40. The Bertz CT molecular complexity index is 919. The zero-order valence-corrected chi connectivity index (χ0v) is 16.4. The molecule has 1 aromatic carbocycles. The predicted molar refractivity (Wildman–Crippen MR) is 106 cm³/mol. The predicted octanol–water partition coefficient (Wildman–Crippen LogP) is 3.47. The Morgan fingerprint density at radius 1 is 1.32 bits per heavy atom. The van der Waals surface area contributed by atoms with E-state index >= 15 is 0 Å². The summed E-state index contributed by atoms with van der Waals surface area (Å²) >= 11 is 12.0. The molecule has 2 aliphatic heterocycles. The van der Waals surface area contributed by atoms with Gasteiger partial charge in [0, 0.05) is 23.3 Å². The number of morpholine rings is 1. The lowest BCUT2D eigenvalue weighted by Crippen LogP contribution is -2.48. The molecule has 4 rings (SSSR count). The van der Waals surface area contributed by atoms with Crippen LogP contribution >= 0.6 is 23.2 Å². The van der Waals surface area contributed by atoms with E-state index in [0.29, 0.717) is 41.2 Å². The second-order valence-electron chi connectivity index (χ2n) is 6.49. The van der Waals surface area contributed by atoms with E-state index in [4.69, 9.17) is 37.4 Å². The Kier molecular flexibility index (Phi) is 5.71. The molecule has 1 saturated heterocycles. The van der Waals surface area contributed by atoms with Gasteiger partial charge in [0.1, 0.15) is 25.1 Å². The molecular formula is C20H18Cl2N2O4. The van der Waals surface area contributed by atoms with Crippen molar-refractivity contribution in [2.24, 2.45) is 0 Å². The van der Waals surface area contributed by atoms with Gasteiger partial charge < -0.3 is 19.1 Å². The highest BCUT2D eigenvalue weighted by atomic mass is 35.5. The molecule has 1 unspecified atom stereocenters. The summed E-state index contributed by atoms with van der Waals surface area (Å²) in [6.07, 6.45) is 3.18. The van der Waals surface area contributed by atoms with Gasteiger partial charge in [-0.3, -0.25) is 4.79 Å². The van der Waals surface area contributed by atoms with Crippen molar-refractivity contribution in [1.29, 1.82) is 0 Å². The molecule has 8 heteroatoms. The number of benzene rings is 1. The molecule has 1 fully saturated rings. The van der Waals surface area contributed by atoms with Crippen molar-refractivity contribution in [3.63, 3.8) is 0 Å². The number of nitrogens with zero attached hydrogens (tertiary/aromatic N) is 2. The first-order valence-corrected chi connectivity index (χ1v) is 9.63. The molecule has 1 amide bonds. The number of carbonyl (C=O) groups excluding carboxylic acids is 1. The second-order valence-corrected chi connectivity index (χ2v) is 7.28. The molecule has 2 aliphatic rings. The molecule has 0 radical (unpaired) electrons. The summed E-state index contributed by atoms with van der Waals surface area (Å²) in [5, 5.41) is 0.901. The third kappa shape index (κ3) is 4.24. The fraction of sp³-hybridized carbons (Fsp3) is 0.300.